The van der Waals surface area contributed by atoms with Gasteiger partial charge in [-0.2, -0.15) is 0 Å². The SMILES string of the molecule is O=C(NCCO)C(=O)NC[C@@H](c1cccs1)S(=O)(=O)c1ccc(Cl)cc1. The lowest BCUT2D eigenvalue weighted by Crippen LogP contribution is -2.43. The van der Waals surface area contributed by atoms with Crippen molar-refractivity contribution in [2.45, 2.75) is 10.1 Å². The van der Waals surface area contributed by atoms with Crippen LogP contribution in [0.1, 0.15) is 10.1 Å². The highest BCUT2D eigenvalue weighted by atomic mass is 35.5. The molecule has 2 aromatic rings. The number of carbonyl (C=O) groups is 2. The van der Waals surface area contributed by atoms with E-state index in [-0.39, 0.29) is 24.6 Å². The average molecular weight is 417 g/mol. The Kier molecular flexibility index (Phi) is 7.15. The maximum Gasteiger partial charge on any atom is 0.309 e. The summed E-state index contributed by atoms with van der Waals surface area (Å²) in [5, 5.41) is 14.3. The van der Waals surface area contributed by atoms with E-state index in [0.29, 0.717) is 9.90 Å². The predicted octanol–water partition coefficient (Wildman–Crippen LogP) is 1.14. The number of carbonyl (C=O) groups excluding carboxylic acids is 2. The molecule has 0 bridgehead atoms. The van der Waals surface area contributed by atoms with Crippen molar-refractivity contribution in [2.75, 3.05) is 19.7 Å². The van der Waals surface area contributed by atoms with E-state index in [2.05, 4.69) is 10.6 Å². The molecule has 2 amide bonds. The topological polar surface area (TPSA) is 113 Å². The first kappa shape index (κ1) is 20.4. The molecule has 3 N–H and O–H groups in total. The van der Waals surface area contributed by atoms with Crippen LogP contribution in [0.2, 0.25) is 5.02 Å². The van der Waals surface area contributed by atoms with Gasteiger partial charge in [0.15, 0.2) is 9.84 Å². The summed E-state index contributed by atoms with van der Waals surface area (Å²) in [4.78, 5) is 24.0. The number of amides is 2. The van der Waals surface area contributed by atoms with Crippen LogP contribution in [-0.2, 0) is 19.4 Å². The molecular formula is C16H17ClN2O5S2. The molecule has 1 aromatic carbocycles. The fourth-order valence-electron chi connectivity index (χ4n) is 2.14. The highest BCUT2D eigenvalue weighted by Crippen LogP contribution is 2.31. The molecule has 0 unspecified atom stereocenters. The predicted molar refractivity (Wildman–Crippen MR) is 98.8 cm³/mol. The van der Waals surface area contributed by atoms with E-state index in [1.807, 2.05) is 0 Å². The minimum absolute atomic E-state index is 0.0658. The Morgan fingerprint density at radius 3 is 2.35 bits per heavy atom. The maximum absolute atomic E-state index is 13.0. The number of sulfone groups is 1. The number of aliphatic hydroxyl groups is 1. The third-order valence-electron chi connectivity index (χ3n) is 3.43. The lowest BCUT2D eigenvalue weighted by atomic mass is 10.3. The van der Waals surface area contributed by atoms with Crippen molar-refractivity contribution in [2.24, 2.45) is 0 Å². The van der Waals surface area contributed by atoms with Gasteiger partial charge < -0.3 is 15.7 Å². The van der Waals surface area contributed by atoms with Crippen LogP contribution in [0.15, 0.2) is 46.7 Å². The third-order valence-corrected chi connectivity index (χ3v) is 6.91. The average Bonchev–Trinajstić information content (AvgIpc) is 3.14. The van der Waals surface area contributed by atoms with Gasteiger partial charge in [-0.15, -0.1) is 11.3 Å². The Balaban J connectivity index is 2.21. The number of benzene rings is 1. The van der Waals surface area contributed by atoms with E-state index in [1.54, 1.807) is 17.5 Å². The molecule has 0 radical (unpaired) electrons. The van der Waals surface area contributed by atoms with Crippen molar-refractivity contribution in [3.05, 3.63) is 51.7 Å². The zero-order chi connectivity index (χ0) is 19.2. The van der Waals surface area contributed by atoms with Crippen molar-refractivity contribution in [1.29, 1.82) is 0 Å². The van der Waals surface area contributed by atoms with Gasteiger partial charge in [0.2, 0.25) is 0 Å². The molecule has 0 saturated carbocycles. The Bertz CT molecular complexity index is 851. The van der Waals surface area contributed by atoms with E-state index >= 15 is 0 Å². The molecule has 1 atom stereocenters. The second-order valence-corrected chi connectivity index (χ2v) is 8.74. The molecule has 2 rings (SSSR count). The second kappa shape index (κ2) is 9.13. The van der Waals surface area contributed by atoms with Crippen molar-refractivity contribution in [3.8, 4) is 0 Å². The Morgan fingerprint density at radius 1 is 1.12 bits per heavy atom. The van der Waals surface area contributed by atoms with Gasteiger partial charge in [0.25, 0.3) is 0 Å². The zero-order valence-corrected chi connectivity index (χ0v) is 15.9. The van der Waals surface area contributed by atoms with Crippen LogP contribution in [0.4, 0.5) is 0 Å². The number of nitrogens with one attached hydrogen (secondary N) is 2. The van der Waals surface area contributed by atoms with Crippen LogP contribution in [0, 0.1) is 0 Å². The van der Waals surface area contributed by atoms with Crippen LogP contribution < -0.4 is 10.6 Å². The molecule has 0 aliphatic heterocycles. The minimum Gasteiger partial charge on any atom is -0.395 e. The molecule has 10 heteroatoms. The number of hydrogen-bond acceptors (Lipinski definition) is 6. The fraction of sp³-hybridized carbons (Fsp3) is 0.250. The quantitative estimate of drug-likeness (QED) is 0.586. The van der Waals surface area contributed by atoms with E-state index in [1.165, 1.54) is 35.6 Å². The van der Waals surface area contributed by atoms with Gasteiger partial charge in [0.1, 0.15) is 5.25 Å². The summed E-state index contributed by atoms with van der Waals surface area (Å²) in [6, 6.07) is 9.10. The van der Waals surface area contributed by atoms with Gasteiger partial charge >= 0.3 is 11.8 Å². The summed E-state index contributed by atoms with van der Waals surface area (Å²) in [5.41, 5.74) is 0. The Hall–Kier alpha value is -1.94. The molecule has 0 aliphatic carbocycles. The van der Waals surface area contributed by atoms with Crippen LogP contribution in [0.3, 0.4) is 0 Å². The monoisotopic (exact) mass is 416 g/mol. The summed E-state index contributed by atoms with van der Waals surface area (Å²) in [6.45, 7) is -0.637. The molecule has 0 aliphatic rings. The molecule has 1 aromatic heterocycles. The number of aliphatic hydroxyl groups excluding tert-OH is 1. The molecule has 140 valence electrons. The smallest absolute Gasteiger partial charge is 0.309 e. The maximum atomic E-state index is 13.0. The van der Waals surface area contributed by atoms with Crippen molar-refractivity contribution in [3.63, 3.8) is 0 Å². The summed E-state index contributed by atoms with van der Waals surface area (Å²) in [7, 11) is -3.81. The fourth-order valence-corrected chi connectivity index (χ4v) is 5.05. The van der Waals surface area contributed by atoms with E-state index < -0.39 is 26.9 Å². The first-order chi connectivity index (χ1) is 12.4. The first-order valence-corrected chi connectivity index (χ1v) is 10.4. The van der Waals surface area contributed by atoms with Crippen LogP contribution in [-0.4, -0.2) is 45.0 Å². The number of hydrogen-bond donors (Lipinski definition) is 3. The van der Waals surface area contributed by atoms with Gasteiger partial charge in [0.05, 0.1) is 11.5 Å². The molecular weight excluding hydrogens is 400 g/mol. The Labute approximate surface area is 159 Å². The standard InChI is InChI=1S/C16H17ClN2O5S2/c17-11-3-5-12(6-4-11)26(23,24)14(13-2-1-9-25-13)10-19-16(22)15(21)18-7-8-20/h1-6,9,14,20H,7-8,10H2,(H,18,21)(H,19,22)/t14-/m0/s1. The lowest BCUT2D eigenvalue weighted by Gasteiger charge is -2.17. The minimum atomic E-state index is -3.81. The van der Waals surface area contributed by atoms with Crippen LogP contribution >= 0.6 is 22.9 Å². The number of rotatable bonds is 7. The van der Waals surface area contributed by atoms with Gasteiger partial charge in [-0.3, -0.25) is 9.59 Å². The van der Waals surface area contributed by atoms with Crippen LogP contribution in [0.25, 0.3) is 0 Å². The number of halogens is 1. The van der Waals surface area contributed by atoms with Crippen molar-refractivity contribution >= 4 is 44.6 Å². The largest absolute Gasteiger partial charge is 0.395 e. The highest BCUT2D eigenvalue weighted by molar-refractivity contribution is 7.91. The highest BCUT2D eigenvalue weighted by Gasteiger charge is 2.31. The first-order valence-electron chi connectivity index (χ1n) is 7.56. The van der Waals surface area contributed by atoms with Crippen molar-refractivity contribution < 1.29 is 23.1 Å². The molecule has 0 fully saturated rings. The summed E-state index contributed by atoms with van der Waals surface area (Å²) in [5.74, 6) is -1.90. The third kappa shape index (κ3) is 5.04. The lowest BCUT2D eigenvalue weighted by molar-refractivity contribution is -0.139. The molecule has 1 heterocycles. The van der Waals surface area contributed by atoms with Gasteiger partial charge in [-0.1, -0.05) is 17.7 Å². The molecule has 0 saturated heterocycles. The molecule has 0 spiro atoms. The number of thiophene rings is 1. The van der Waals surface area contributed by atoms with E-state index in [4.69, 9.17) is 16.7 Å². The zero-order valence-electron chi connectivity index (χ0n) is 13.5. The van der Waals surface area contributed by atoms with Gasteiger partial charge in [-0.05, 0) is 35.7 Å². The van der Waals surface area contributed by atoms with E-state index in [0.717, 1.165) is 0 Å². The Morgan fingerprint density at radius 2 is 1.77 bits per heavy atom. The summed E-state index contributed by atoms with van der Waals surface area (Å²) in [6.07, 6.45) is 0. The molecule has 7 nitrogen and oxygen atoms in total. The van der Waals surface area contributed by atoms with Gasteiger partial charge in [0, 0.05) is 23.0 Å². The second-order valence-electron chi connectivity index (χ2n) is 5.19. The van der Waals surface area contributed by atoms with Gasteiger partial charge in [-0.25, -0.2) is 8.42 Å². The van der Waals surface area contributed by atoms with Crippen LogP contribution in [0.5, 0.6) is 0 Å². The van der Waals surface area contributed by atoms with Crippen molar-refractivity contribution in [1.82, 2.24) is 10.6 Å². The summed E-state index contributed by atoms with van der Waals surface area (Å²) >= 11 is 7.05. The molecule has 26 heavy (non-hydrogen) atoms. The van der Waals surface area contributed by atoms with E-state index in [9.17, 15) is 18.0 Å². The summed E-state index contributed by atoms with van der Waals surface area (Å²) < 4.78 is 26.0. The normalized spacial score (nSPS) is 12.4.